The van der Waals surface area contributed by atoms with Gasteiger partial charge in [-0.15, -0.1) is 0 Å². The number of quaternary nitrogens is 1. The molecule has 8 heteroatoms. The number of benzene rings is 1. The average molecular weight is 468 g/mol. The number of alkyl halides is 3. The van der Waals surface area contributed by atoms with Crippen LogP contribution >= 0.6 is 0 Å². The molecular weight excluding hydrogens is 427 g/mol. The van der Waals surface area contributed by atoms with Crippen molar-refractivity contribution in [3.8, 4) is 0 Å². The van der Waals surface area contributed by atoms with Crippen LogP contribution in [0.2, 0.25) is 0 Å². The van der Waals surface area contributed by atoms with Gasteiger partial charge in [-0.2, -0.15) is 13.2 Å². The van der Waals surface area contributed by atoms with Crippen LogP contribution in [0, 0.1) is 0 Å². The lowest BCUT2D eigenvalue weighted by Crippen LogP contribution is -2.50. The quantitative estimate of drug-likeness (QED) is 0.242. The van der Waals surface area contributed by atoms with Gasteiger partial charge in [0.15, 0.2) is 0 Å². The van der Waals surface area contributed by atoms with Gasteiger partial charge in [0.1, 0.15) is 10.1 Å². The number of rotatable bonds is 13. The zero-order chi connectivity index (χ0) is 24.0. The highest BCUT2D eigenvalue weighted by Gasteiger charge is 2.30. The number of hydrogen-bond acceptors (Lipinski definition) is 3. The van der Waals surface area contributed by atoms with E-state index in [1.165, 1.54) is 82.0 Å². The van der Waals surface area contributed by atoms with Crippen LogP contribution in [0.1, 0.15) is 84.6 Å². The highest BCUT2D eigenvalue weighted by atomic mass is 32.2. The van der Waals surface area contributed by atoms with E-state index in [9.17, 15) is 26.1 Å². The van der Waals surface area contributed by atoms with E-state index in [0.717, 1.165) is 12.1 Å². The van der Waals surface area contributed by atoms with E-state index in [1.54, 1.807) is 0 Å². The van der Waals surface area contributed by atoms with Gasteiger partial charge in [0.05, 0.1) is 36.6 Å². The minimum Gasteiger partial charge on any atom is -0.744 e. The molecule has 4 nitrogen and oxygen atoms in total. The molecular formula is C23H40F3NO3S. The van der Waals surface area contributed by atoms with Crippen molar-refractivity contribution in [1.82, 2.24) is 0 Å². The summed E-state index contributed by atoms with van der Waals surface area (Å²) in [5, 5.41) is 0. The summed E-state index contributed by atoms with van der Waals surface area (Å²) in [7, 11) is -4.84. The highest BCUT2D eigenvalue weighted by Crippen LogP contribution is 2.30. The molecule has 0 saturated carbocycles. The van der Waals surface area contributed by atoms with Gasteiger partial charge in [0.2, 0.25) is 0 Å². The Balaban J connectivity index is 0.000000590. The van der Waals surface area contributed by atoms with Gasteiger partial charge >= 0.3 is 6.18 Å². The van der Waals surface area contributed by atoms with E-state index in [1.807, 2.05) is 0 Å². The molecule has 0 aromatic heterocycles. The van der Waals surface area contributed by atoms with Crippen LogP contribution in [-0.2, 0) is 16.3 Å². The molecule has 1 aromatic carbocycles. The Bertz CT molecular complexity index is 669. The maximum atomic E-state index is 12.1. The molecule has 0 bridgehead atoms. The van der Waals surface area contributed by atoms with Crippen molar-refractivity contribution in [2.45, 2.75) is 90.1 Å². The Morgan fingerprint density at radius 1 is 0.806 bits per heavy atom. The minimum atomic E-state index is -4.84. The summed E-state index contributed by atoms with van der Waals surface area (Å²) in [6.07, 6.45) is 6.41. The lowest BCUT2D eigenvalue weighted by molar-refractivity contribution is -0.929. The zero-order valence-electron chi connectivity index (χ0n) is 19.5. The predicted molar refractivity (Wildman–Crippen MR) is 119 cm³/mol. The molecule has 182 valence electrons. The van der Waals surface area contributed by atoms with E-state index in [4.69, 9.17) is 0 Å². The SMILES string of the molecule is CCCC[N+](CCCC)(CCCC)CCCC.O=S(=O)([O-])c1cccc(C(F)(F)F)c1. The van der Waals surface area contributed by atoms with Gasteiger partial charge in [-0.1, -0.05) is 59.4 Å². The topological polar surface area (TPSA) is 57.2 Å². The smallest absolute Gasteiger partial charge is 0.416 e. The molecule has 0 unspecified atom stereocenters. The van der Waals surface area contributed by atoms with Gasteiger partial charge in [-0.3, -0.25) is 0 Å². The molecule has 0 amide bonds. The Hall–Kier alpha value is -1.12. The first kappa shape index (κ1) is 29.9. The molecule has 0 fully saturated rings. The van der Waals surface area contributed by atoms with Crippen molar-refractivity contribution < 1.29 is 30.6 Å². The summed E-state index contributed by atoms with van der Waals surface area (Å²) in [4.78, 5) is -0.882. The Kier molecular flexibility index (Phi) is 14.3. The Morgan fingerprint density at radius 2 is 1.19 bits per heavy atom. The van der Waals surface area contributed by atoms with Crippen LogP contribution < -0.4 is 0 Å². The first-order valence-corrected chi connectivity index (χ1v) is 12.8. The molecule has 0 aliphatic rings. The van der Waals surface area contributed by atoms with Gasteiger partial charge in [0, 0.05) is 0 Å². The van der Waals surface area contributed by atoms with Crippen molar-refractivity contribution in [1.29, 1.82) is 0 Å². The molecule has 1 aromatic rings. The molecule has 0 aliphatic heterocycles. The van der Waals surface area contributed by atoms with Crippen LogP contribution in [0.3, 0.4) is 0 Å². The molecule has 0 radical (unpaired) electrons. The molecule has 0 saturated heterocycles. The predicted octanol–water partition coefficient (Wildman–Crippen LogP) is 6.61. The van der Waals surface area contributed by atoms with Gasteiger partial charge < -0.3 is 9.04 Å². The number of halogens is 3. The molecule has 1 rings (SSSR count). The average Bonchev–Trinajstić information content (AvgIpc) is 2.72. The highest BCUT2D eigenvalue weighted by molar-refractivity contribution is 7.85. The fraction of sp³-hybridized carbons (Fsp3) is 0.739. The van der Waals surface area contributed by atoms with Crippen molar-refractivity contribution in [3.63, 3.8) is 0 Å². The van der Waals surface area contributed by atoms with E-state index >= 15 is 0 Å². The Labute approximate surface area is 187 Å². The van der Waals surface area contributed by atoms with E-state index in [0.29, 0.717) is 12.1 Å². The van der Waals surface area contributed by atoms with E-state index < -0.39 is 26.8 Å². The minimum absolute atomic E-state index is 0.308. The van der Waals surface area contributed by atoms with Crippen LogP contribution in [0.15, 0.2) is 29.2 Å². The second-order valence-corrected chi connectivity index (χ2v) is 9.51. The third kappa shape index (κ3) is 12.5. The summed E-state index contributed by atoms with van der Waals surface area (Å²) >= 11 is 0. The standard InChI is InChI=1S/C16H36N.C7H5F3O3S/c1-5-9-13-17(14-10-6-2,15-11-7-3)16-12-8-4;8-7(9,10)5-2-1-3-6(4-5)14(11,12)13/h5-16H2,1-4H3;1-4H,(H,11,12,13)/q+1;/p-1. The van der Waals surface area contributed by atoms with Gasteiger partial charge in [-0.05, 0) is 43.9 Å². The number of nitrogens with zero attached hydrogens (tertiary/aromatic N) is 1. The second-order valence-electron chi connectivity index (χ2n) is 8.13. The fourth-order valence-corrected chi connectivity index (χ4v) is 3.99. The normalized spacial score (nSPS) is 12.4. The monoisotopic (exact) mass is 467 g/mol. The fourth-order valence-electron chi connectivity index (χ4n) is 3.47. The molecule has 0 heterocycles. The number of hydrogen-bond donors (Lipinski definition) is 0. The van der Waals surface area contributed by atoms with E-state index in [2.05, 4.69) is 27.7 Å². The first-order valence-electron chi connectivity index (χ1n) is 11.4. The molecule has 0 N–H and O–H groups in total. The summed E-state index contributed by atoms with van der Waals surface area (Å²) in [6.45, 7) is 15.0. The third-order valence-corrected chi connectivity index (χ3v) is 6.23. The van der Waals surface area contributed by atoms with Crippen molar-refractivity contribution in [2.24, 2.45) is 0 Å². The second kappa shape index (κ2) is 14.9. The third-order valence-electron chi connectivity index (χ3n) is 5.39. The van der Waals surface area contributed by atoms with Crippen LogP contribution in [0.4, 0.5) is 13.2 Å². The van der Waals surface area contributed by atoms with Crippen molar-refractivity contribution in [2.75, 3.05) is 26.2 Å². The van der Waals surface area contributed by atoms with Gasteiger partial charge in [0.25, 0.3) is 0 Å². The molecule has 0 aliphatic carbocycles. The molecule has 0 atom stereocenters. The van der Waals surface area contributed by atoms with Crippen LogP contribution in [0.5, 0.6) is 0 Å². The first-order chi connectivity index (χ1) is 14.5. The summed E-state index contributed by atoms with van der Waals surface area (Å²) in [6, 6.07) is 2.68. The Morgan fingerprint density at radius 3 is 1.48 bits per heavy atom. The summed E-state index contributed by atoms with van der Waals surface area (Å²) in [5.74, 6) is 0. The maximum absolute atomic E-state index is 12.1. The molecule has 31 heavy (non-hydrogen) atoms. The van der Waals surface area contributed by atoms with Crippen molar-refractivity contribution >= 4 is 10.1 Å². The summed E-state index contributed by atoms with van der Waals surface area (Å²) < 4.78 is 68.8. The molecule has 0 spiro atoms. The van der Waals surface area contributed by atoms with Crippen LogP contribution in [-0.4, -0.2) is 43.6 Å². The summed E-state index contributed by atoms with van der Waals surface area (Å²) in [5.41, 5.74) is -1.16. The van der Waals surface area contributed by atoms with Crippen LogP contribution in [0.25, 0.3) is 0 Å². The number of unbranched alkanes of at least 4 members (excludes halogenated alkanes) is 4. The lowest BCUT2D eigenvalue weighted by Gasteiger charge is -2.39. The largest absolute Gasteiger partial charge is 0.744 e. The van der Waals surface area contributed by atoms with Gasteiger partial charge in [-0.25, -0.2) is 8.42 Å². The van der Waals surface area contributed by atoms with Crippen molar-refractivity contribution in [3.05, 3.63) is 29.8 Å². The lowest BCUT2D eigenvalue weighted by atomic mass is 10.1. The zero-order valence-corrected chi connectivity index (χ0v) is 20.3. The van der Waals surface area contributed by atoms with E-state index in [-0.39, 0.29) is 0 Å². The maximum Gasteiger partial charge on any atom is 0.416 e.